The van der Waals surface area contributed by atoms with E-state index in [2.05, 4.69) is 20.2 Å². The van der Waals surface area contributed by atoms with Gasteiger partial charge in [-0.15, -0.1) is 0 Å². The van der Waals surface area contributed by atoms with Gasteiger partial charge in [0.25, 0.3) is 0 Å². The number of morpholine rings is 1. The SMILES string of the molecule is CN(C)CC(=O)N1CCC(Nc2nccc(N3CCOCC3)n2)CC1. The largest absolute Gasteiger partial charge is 0.378 e. The third kappa shape index (κ3) is 5.02. The highest BCUT2D eigenvalue weighted by molar-refractivity contribution is 5.78. The van der Waals surface area contributed by atoms with Crippen molar-refractivity contribution in [1.82, 2.24) is 19.8 Å². The average molecular weight is 348 g/mol. The number of amides is 1. The van der Waals surface area contributed by atoms with E-state index in [-0.39, 0.29) is 5.91 Å². The Morgan fingerprint density at radius 2 is 2.00 bits per heavy atom. The van der Waals surface area contributed by atoms with Crippen molar-refractivity contribution in [1.29, 1.82) is 0 Å². The summed E-state index contributed by atoms with van der Waals surface area (Å²) < 4.78 is 5.39. The number of carbonyl (C=O) groups is 1. The van der Waals surface area contributed by atoms with Crippen LogP contribution in [-0.4, -0.2) is 91.7 Å². The van der Waals surface area contributed by atoms with Crippen molar-refractivity contribution in [3.05, 3.63) is 12.3 Å². The van der Waals surface area contributed by atoms with Crippen LogP contribution in [0.15, 0.2) is 12.3 Å². The fourth-order valence-corrected chi connectivity index (χ4v) is 3.21. The number of piperidine rings is 1. The maximum Gasteiger partial charge on any atom is 0.236 e. The molecule has 25 heavy (non-hydrogen) atoms. The summed E-state index contributed by atoms with van der Waals surface area (Å²) in [5.74, 6) is 1.82. The summed E-state index contributed by atoms with van der Waals surface area (Å²) in [4.78, 5) is 27.2. The molecule has 0 spiro atoms. The Kier molecular flexibility index (Phi) is 6.04. The molecule has 138 valence electrons. The molecule has 2 aliphatic heterocycles. The van der Waals surface area contributed by atoms with E-state index in [9.17, 15) is 4.79 Å². The Hall–Kier alpha value is -1.93. The average Bonchev–Trinajstić information content (AvgIpc) is 2.63. The summed E-state index contributed by atoms with van der Waals surface area (Å²) in [6.07, 6.45) is 3.64. The molecule has 8 heteroatoms. The van der Waals surface area contributed by atoms with E-state index >= 15 is 0 Å². The molecule has 2 aliphatic rings. The van der Waals surface area contributed by atoms with Gasteiger partial charge in [-0.2, -0.15) is 4.98 Å². The van der Waals surface area contributed by atoms with Gasteiger partial charge in [0.1, 0.15) is 5.82 Å². The van der Waals surface area contributed by atoms with Gasteiger partial charge in [0.15, 0.2) is 0 Å². The number of hydrogen-bond acceptors (Lipinski definition) is 7. The first kappa shape index (κ1) is 17.9. The molecule has 0 radical (unpaired) electrons. The molecule has 1 amide bonds. The zero-order chi connectivity index (χ0) is 17.6. The second kappa shape index (κ2) is 8.44. The number of nitrogens with zero attached hydrogens (tertiary/aromatic N) is 5. The van der Waals surface area contributed by atoms with Crippen molar-refractivity contribution >= 4 is 17.7 Å². The van der Waals surface area contributed by atoms with Gasteiger partial charge in [-0.1, -0.05) is 0 Å². The zero-order valence-corrected chi connectivity index (χ0v) is 15.1. The van der Waals surface area contributed by atoms with Crippen molar-refractivity contribution < 1.29 is 9.53 Å². The van der Waals surface area contributed by atoms with Gasteiger partial charge in [-0.05, 0) is 33.0 Å². The van der Waals surface area contributed by atoms with Crippen molar-refractivity contribution in [2.24, 2.45) is 0 Å². The lowest BCUT2D eigenvalue weighted by Crippen LogP contribution is -2.45. The lowest BCUT2D eigenvalue weighted by Gasteiger charge is -2.33. The molecule has 0 aliphatic carbocycles. The van der Waals surface area contributed by atoms with E-state index in [1.165, 1.54) is 0 Å². The number of anilines is 2. The number of likely N-dealkylation sites (tertiary alicyclic amines) is 1. The molecular weight excluding hydrogens is 320 g/mol. The van der Waals surface area contributed by atoms with E-state index in [0.717, 1.165) is 58.1 Å². The van der Waals surface area contributed by atoms with Crippen LogP contribution in [0.3, 0.4) is 0 Å². The lowest BCUT2D eigenvalue weighted by molar-refractivity contribution is -0.132. The van der Waals surface area contributed by atoms with E-state index in [1.807, 2.05) is 30.0 Å². The first-order valence-electron chi connectivity index (χ1n) is 8.96. The molecule has 0 bridgehead atoms. The summed E-state index contributed by atoms with van der Waals surface area (Å²) in [5.41, 5.74) is 0. The van der Waals surface area contributed by atoms with Crippen molar-refractivity contribution in [3.63, 3.8) is 0 Å². The second-order valence-corrected chi connectivity index (χ2v) is 6.88. The van der Waals surface area contributed by atoms with E-state index in [4.69, 9.17) is 4.74 Å². The topological polar surface area (TPSA) is 73.8 Å². The number of rotatable bonds is 5. The van der Waals surface area contributed by atoms with E-state index < -0.39 is 0 Å². The van der Waals surface area contributed by atoms with E-state index in [1.54, 1.807) is 6.20 Å². The Labute approximate surface area is 149 Å². The van der Waals surface area contributed by atoms with Gasteiger partial charge in [-0.3, -0.25) is 4.79 Å². The first-order chi connectivity index (χ1) is 12.1. The monoisotopic (exact) mass is 348 g/mol. The number of hydrogen-bond donors (Lipinski definition) is 1. The second-order valence-electron chi connectivity index (χ2n) is 6.88. The predicted octanol–water partition coefficient (Wildman–Crippen LogP) is 0.278. The Balaban J connectivity index is 1.51. The molecule has 1 aromatic heterocycles. The fraction of sp³-hybridized carbons (Fsp3) is 0.706. The highest BCUT2D eigenvalue weighted by atomic mass is 16.5. The molecule has 2 fully saturated rings. The van der Waals surface area contributed by atoms with Crippen molar-refractivity contribution in [2.75, 3.05) is 70.2 Å². The summed E-state index contributed by atoms with van der Waals surface area (Å²) in [6, 6.07) is 2.25. The molecule has 3 rings (SSSR count). The van der Waals surface area contributed by atoms with Gasteiger partial charge in [0, 0.05) is 38.4 Å². The molecule has 8 nitrogen and oxygen atoms in total. The van der Waals surface area contributed by atoms with Crippen LogP contribution in [0.5, 0.6) is 0 Å². The smallest absolute Gasteiger partial charge is 0.236 e. The standard InChI is InChI=1S/C17H28N6O2/c1-21(2)13-16(24)23-7-4-14(5-8-23)19-17-18-6-3-15(20-17)22-9-11-25-12-10-22/h3,6,14H,4-5,7-13H2,1-2H3,(H,18,19,20). The number of nitrogens with one attached hydrogen (secondary N) is 1. The molecule has 0 atom stereocenters. The highest BCUT2D eigenvalue weighted by Crippen LogP contribution is 2.17. The van der Waals surface area contributed by atoms with Crippen LogP contribution < -0.4 is 10.2 Å². The van der Waals surface area contributed by atoms with Crippen molar-refractivity contribution in [3.8, 4) is 0 Å². The highest BCUT2D eigenvalue weighted by Gasteiger charge is 2.23. The maximum absolute atomic E-state index is 12.1. The Morgan fingerprint density at radius 1 is 1.28 bits per heavy atom. The minimum atomic E-state index is 0.203. The Morgan fingerprint density at radius 3 is 2.68 bits per heavy atom. The predicted molar refractivity (Wildman–Crippen MR) is 96.8 cm³/mol. The third-order valence-corrected chi connectivity index (χ3v) is 4.61. The fourth-order valence-electron chi connectivity index (χ4n) is 3.21. The number of ether oxygens (including phenoxy) is 1. The summed E-state index contributed by atoms with van der Waals surface area (Å²) in [6.45, 7) is 5.26. The Bertz CT molecular complexity index is 568. The van der Waals surface area contributed by atoms with Gasteiger partial charge < -0.3 is 24.8 Å². The van der Waals surface area contributed by atoms with Crippen LogP contribution in [0.25, 0.3) is 0 Å². The van der Waals surface area contributed by atoms with Crippen LogP contribution >= 0.6 is 0 Å². The van der Waals surface area contributed by atoms with Gasteiger partial charge in [-0.25, -0.2) is 4.98 Å². The molecule has 1 aromatic rings. The summed E-state index contributed by atoms with van der Waals surface area (Å²) >= 11 is 0. The van der Waals surface area contributed by atoms with Crippen LogP contribution in [0.2, 0.25) is 0 Å². The number of carbonyl (C=O) groups excluding carboxylic acids is 1. The first-order valence-corrected chi connectivity index (χ1v) is 8.96. The number of likely N-dealkylation sites (N-methyl/N-ethyl adjacent to an activating group) is 1. The minimum absolute atomic E-state index is 0.203. The maximum atomic E-state index is 12.1. The van der Waals surface area contributed by atoms with E-state index in [0.29, 0.717) is 18.5 Å². The van der Waals surface area contributed by atoms with Crippen LogP contribution in [-0.2, 0) is 9.53 Å². The molecule has 2 saturated heterocycles. The third-order valence-electron chi connectivity index (χ3n) is 4.61. The molecule has 1 N–H and O–H groups in total. The quantitative estimate of drug-likeness (QED) is 0.819. The normalized spacial score (nSPS) is 19.3. The van der Waals surface area contributed by atoms with Crippen LogP contribution in [0.1, 0.15) is 12.8 Å². The molecule has 0 unspecified atom stereocenters. The van der Waals surface area contributed by atoms with Crippen LogP contribution in [0, 0.1) is 0 Å². The van der Waals surface area contributed by atoms with Gasteiger partial charge in [0.2, 0.25) is 11.9 Å². The molecule has 0 saturated carbocycles. The van der Waals surface area contributed by atoms with Gasteiger partial charge >= 0.3 is 0 Å². The number of aromatic nitrogens is 2. The molecule has 3 heterocycles. The minimum Gasteiger partial charge on any atom is -0.378 e. The van der Waals surface area contributed by atoms with Gasteiger partial charge in [0.05, 0.1) is 19.8 Å². The zero-order valence-electron chi connectivity index (χ0n) is 15.1. The molecular formula is C17H28N6O2. The summed E-state index contributed by atoms with van der Waals surface area (Å²) in [5, 5.41) is 3.43. The lowest BCUT2D eigenvalue weighted by atomic mass is 10.1. The van der Waals surface area contributed by atoms with Crippen molar-refractivity contribution in [2.45, 2.75) is 18.9 Å². The molecule has 0 aromatic carbocycles. The summed E-state index contributed by atoms with van der Waals surface area (Å²) in [7, 11) is 3.84. The van der Waals surface area contributed by atoms with Crippen LogP contribution in [0.4, 0.5) is 11.8 Å².